The second-order valence-corrected chi connectivity index (χ2v) is 9.19. The number of benzene rings is 1. The molecule has 1 aromatic rings. The monoisotopic (exact) mass is 384 g/mol. The van der Waals surface area contributed by atoms with Crippen LogP contribution in [0, 0.1) is 17.8 Å². The van der Waals surface area contributed by atoms with Crippen molar-refractivity contribution in [3.05, 3.63) is 29.8 Å². The lowest BCUT2D eigenvalue weighted by Gasteiger charge is -2.57. The van der Waals surface area contributed by atoms with Crippen LogP contribution >= 0.6 is 12.2 Å². The molecule has 0 atom stereocenters. The molecule has 4 nitrogen and oxygen atoms in total. The Bertz CT molecular complexity index is 657. The summed E-state index contributed by atoms with van der Waals surface area (Å²) in [5.41, 5.74) is 5.61. The maximum absolute atomic E-state index is 5.55. The van der Waals surface area contributed by atoms with Crippen molar-refractivity contribution in [2.45, 2.75) is 57.9 Å². The van der Waals surface area contributed by atoms with E-state index in [1.807, 2.05) is 6.21 Å². The summed E-state index contributed by atoms with van der Waals surface area (Å²) in [7, 11) is 0. The van der Waals surface area contributed by atoms with Crippen molar-refractivity contribution in [2.75, 3.05) is 18.0 Å². The predicted molar refractivity (Wildman–Crippen MR) is 117 cm³/mol. The zero-order valence-electron chi connectivity index (χ0n) is 16.6. The van der Waals surface area contributed by atoms with Gasteiger partial charge in [0.15, 0.2) is 5.11 Å². The van der Waals surface area contributed by atoms with E-state index >= 15 is 0 Å². The molecule has 5 heteroatoms. The molecule has 0 heterocycles. The molecule has 0 amide bonds. The van der Waals surface area contributed by atoms with E-state index in [4.69, 9.17) is 12.2 Å². The van der Waals surface area contributed by atoms with Gasteiger partial charge in [-0.05, 0) is 100 Å². The van der Waals surface area contributed by atoms with Crippen molar-refractivity contribution in [3.63, 3.8) is 0 Å². The number of hydrogen-bond donors (Lipinski definition) is 2. The van der Waals surface area contributed by atoms with Crippen LogP contribution < -0.4 is 15.6 Å². The number of nitrogens with zero attached hydrogens (tertiary/aromatic N) is 2. The Morgan fingerprint density at radius 2 is 1.63 bits per heavy atom. The number of nitrogens with one attached hydrogen (secondary N) is 2. The number of rotatable bonds is 6. The summed E-state index contributed by atoms with van der Waals surface area (Å²) in [4.78, 5) is 2.34. The molecule has 0 spiro atoms. The fourth-order valence-corrected chi connectivity index (χ4v) is 6.33. The Labute approximate surface area is 168 Å². The van der Waals surface area contributed by atoms with Gasteiger partial charge in [0.25, 0.3) is 0 Å². The summed E-state index contributed by atoms with van der Waals surface area (Å²) in [5.74, 6) is 2.75. The predicted octanol–water partition coefficient (Wildman–Crippen LogP) is 4.30. The molecule has 4 fully saturated rings. The minimum atomic E-state index is 0.236. The first kappa shape index (κ1) is 18.7. The quantitative estimate of drug-likeness (QED) is 0.436. The lowest BCUT2D eigenvalue weighted by Crippen LogP contribution is -2.61. The number of hydrazone groups is 1. The van der Waals surface area contributed by atoms with Crippen LogP contribution in [0.1, 0.15) is 57.9 Å². The van der Waals surface area contributed by atoms with Crippen LogP contribution in [0.15, 0.2) is 29.4 Å². The second kappa shape index (κ2) is 7.78. The average molecular weight is 385 g/mol. The zero-order chi connectivity index (χ0) is 18.9. The molecule has 2 N–H and O–H groups in total. The minimum Gasteiger partial charge on any atom is -0.372 e. The van der Waals surface area contributed by atoms with Gasteiger partial charge in [0.1, 0.15) is 0 Å². The van der Waals surface area contributed by atoms with Crippen LogP contribution in [0.5, 0.6) is 0 Å². The third kappa shape index (κ3) is 4.13. The molecule has 4 aliphatic rings. The number of anilines is 1. The van der Waals surface area contributed by atoms with E-state index in [0.29, 0.717) is 5.11 Å². The second-order valence-electron chi connectivity index (χ2n) is 8.79. The van der Waals surface area contributed by atoms with Gasteiger partial charge in [-0.25, -0.2) is 0 Å². The third-order valence-corrected chi connectivity index (χ3v) is 7.01. The SMILES string of the molecule is CCN(CC)c1ccc(C=NNC(=S)NC23CC4CC(CC(C4)C2)C3)cc1. The van der Waals surface area contributed by atoms with Crippen molar-refractivity contribution in [1.82, 2.24) is 10.7 Å². The first-order valence-corrected chi connectivity index (χ1v) is 11.0. The first-order chi connectivity index (χ1) is 13.1. The molecule has 1 aromatic carbocycles. The van der Waals surface area contributed by atoms with Gasteiger partial charge in [-0.1, -0.05) is 12.1 Å². The molecule has 0 unspecified atom stereocenters. The van der Waals surface area contributed by atoms with Gasteiger partial charge in [-0.3, -0.25) is 5.43 Å². The summed E-state index contributed by atoms with van der Waals surface area (Å²) < 4.78 is 0. The van der Waals surface area contributed by atoms with Gasteiger partial charge >= 0.3 is 0 Å². The van der Waals surface area contributed by atoms with Gasteiger partial charge in [-0.2, -0.15) is 5.10 Å². The smallest absolute Gasteiger partial charge is 0.187 e. The Balaban J connectivity index is 1.30. The molecule has 0 radical (unpaired) electrons. The summed E-state index contributed by atoms with van der Waals surface area (Å²) in [6, 6.07) is 8.52. The standard InChI is InChI=1S/C22H32N4S/c1-3-26(4-2)20-7-5-16(6-8-20)15-23-25-21(27)24-22-12-17-9-18(13-22)11-19(10-17)14-22/h5-8,15,17-19H,3-4,9-14H2,1-2H3,(H2,24,25,27). The van der Waals surface area contributed by atoms with Crippen molar-refractivity contribution in [3.8, 4) is 0 Å². The maximum Gasteiger partial charge on any atom is 0.187 e. The zero-order valence-corrected chi connectivity index (χ0v) is 17.4. The van der Waals surface area contributed by atoms with E-state index < -0.39 is 0 Å². The highest BCUT2D eigenvalue weighted by Gasteiger charge is 2.51. The lowest BCUT2D eigenvalue weighted by molar-refractivity contribution is -0.0101. The minimum absolute atomic E-state index is 0.236. The van der Waals surface area contributed by atoms with Crippen LogP contribution in [-0.4, -0.2) is 30.0 Å². The van der Waals surface area contributed by atoms with E-state index in [2.05, 4.69) is 58.9 Å². The molecule has 5 rings (SSSR count). The van der Waals surface area contributed by atoms with E-state index in [9.17, 15) is 0 Å². The van der Waals surface area contributed by atoms with Gasteiger partial charge in [0.05, 0.1) is 6.21 Å². The van der Waals surface area contributed by atoms with Crippen molar-refractivity contribution < 1.29 is 0 Å². The molecule has 4 bridgehead atoms. The topological polar surface area (TPSA) is 39.7 Å². The first-order valence-electron chi connectivity index (χ1n) is 10.6. The van der Waals surface area contributed by atoms with Gasteiger partial charge in [-0.15, -0.1) is 0 Å². The fraction of sp³-hybridized carbons (Fsp3) is 0.636. The highest BCUT2D eigenvalue weighted by Crippen LogP contribution is 2.55. The summed E-state index contributed by atoms with van der Waals surface area (Å²) in [6.07, 6.45) is 10.1. The largest absolute Gasteiger partial charge is 0.372 e. The lowest BCUT2D eigenvalue weighted by atomic mass is 9.53. The Morgan fingerprint density at radius 1 is 1.07 bits per heavy atom. The van der Waals surface area contributed by atoms with E-state index in [0.717, 1.165) is 36.4 Å². The Kier molecular flexibility index (Phi) is 5.40. The maximum atomic E-state index is 5.55. The van der Waals surface area contributed by atoms with Crippen LogP contribution in [-0.2, 0) is 0 Å². The molecular weight excluding hydrogens is 352 g/mol. The molecule has 146 valence electrons. The van der Waals surface area contributed by atoms with Gasteiger partial charge in [0, 0.05) is 24.3 Å². The van der Waals surface area contributed by atoms with Gasteiger partial charge in [0.2, 0.25) is 0 Å². The normalized spacial score (nSPS) is 31.3. The summed E-state index contributed by atoms with van der Waals surface area (Å²) >= 11 is 5.55. The van der Waals surface area contributed by atoms with E-state index in [1.54, 1.807) is 0 Å². The van der Waals surface area contributed by atoms with Gasteiger partial charge < -0.3 is 10.2 Å². The molecule has 0 saturated heterocycles. The van der Waals surface area contributed by atoms with E-state index in [1.165, 1.54) is 44.2 Å². The number of hydrogen-bond acceptors (Lipinski definition) is 3. The van der Waals surface area contributed by atoms with Crippen molar-refractivity contribution in [2.24, 2.45) is 22.9 Å². The third-order valence-electron chi connectivity index (χ3n) is 6.82. The molecule has 4 aliphatic carbocycles. The van der Waals surface area contributed by atoms with E-state index in [-0.39, 0.29) is 5.54 Å². The molecule has 4 saturated carbocycles. The molecule has 0 aliphatic heterocycles. The van der Waals surface area contributed by atoms with Crippen LogP contribution in [0.25, 0.3) is 0 Å². The van der Waals surface area contributed by atoms with Crippen molar-refractivity contribution in [1.29, 1.82) is 0 Å². The summed E-state index contributed by atoms with van der Waals surface area (Å²) in [6.45, 7) is 6.41. The van der Waals surface area contributed by atoms with Crippen LogP contribution in [0.3, 0.4) is 0 Å². The molecule has 27 heavy (non-hydrogen) atoms. The summed E-state index contributed by atoms with van der Waals surface area (Å²) in [5, 5.41) is 8.69. The van der Waals surface area contributed by atoms with Crippen molar-refractivity contribution >= 4 is 29.2 Å². The fourth-order valence-electron chi connectivity index (χ4n) is 6.06. The highest BCUT2D eigenvalue weighted by atomic mass is 32.1. The Morgan fingerprint density at radius 3 is 2.15 bits per heavy atom. The number of thiocarbonyl (C=S) groups is 1. The highest BCUT2D eigenvalue weighted by molar-refractivity contribution is 7.80. The molecular formula is C22H32N4S. The Hall–Kier alpha value is -1.62. The molecule has 0 aromatic heterocycles. The van der Waals surface area contributed by atoms with Crippen LogP contribution in [0.2, 0.25) is 0 Å². The van der Waals surface area contributed by atoms with Crippen LogP contribution in [0.4, 0.5) is 5.69 Å². The average Bonchev–Trinajstić information content (AvgIpc) is 2.62.